The predicted octanol–water partition coefficient (Wildman–Crippen LogP) is 3.60. The van der Waals surface area contributed by atoms with Crippen molar-refractivity contribution in [3.63, 3.8) is 0 Å². The van der Waals surface area contributed by atoms with E-state index < -0.39 is 12.1 Å². The van der Waals surface area contributed by atoms with Gasteiger partial charge in [-0.2, -0.15) is 13.2 Å². The van der Waals surface area contributed by atoms with Gasteiger partial charge in [0.1, 0.15) is 5.82 Å². The largest absolute Gasteiger partial charge is 0.393 e. The van der Waals surface area contributed by atoms with E-state index in [0.29, 0.717) is 19.5 Å². The first-order chi connectivity index (χ1) is 8.45. The highest BCUT2D eigenvalue weighted by molar-refractivity contribution is 5.16. The van der Waals surface area contributed by atoms with Crippen LogP contribution in [0.15, 0.2) is 24.3 Å². The molecule has 1 aliphatic heterocycles. The molecular weight excluding hydrogens is 246 g/mol. The molecule has 1 aliphatic rings. The average Bonchev–Trinajstić information content (AvgIpc) is 2.31. The van der Waals surface area contributed by atoms with Crippen molar-refractivity contribution in [2.45, 2.75) is 25.6 Å². The van der Waals surface area contributed by atoms with Crippen LogP contribution in [-0.4, -0.2) is 24.2 Å². The zero-order valence-electron chi connectivity index (χ0n) is 9.88. The van der Waals surface area contributed by atoms with E-state index in [-0.39, 0.29) is 18.8 Å². The fraction of sp³-hybridized carbons (Fsp3) is 0.538. The smallest absolute Gasteiger partial charge is 0.298 e. The Morgan fingerprint density at radius 2 is 1.83 bits per heavy atom. The second-order valence-corrected chi connectivity index (χ2v) is 4.74. The zero-order valence-corrected chi connectivity index (χ0v) is 9.88. The van der Waals surface area contributed by atoms with Crippen molar-refractivity contribution in [1.82, 2.24) is 4.90 Å². The molecule has 2 rings (SSSR count). The fourth-order valence-corrected chi connectivity index (χ4v) is 2.31. The summed E-state index contributed by atoms with van der Waals surface area (Å²) in [6.07, 6.45) is -3.34. The van der Waals surface area contributed by atoms with E-state index in [1.54, 1.807) is 17.0 Å². The zero-order chi connectivity index (χ0) is 13.2. The Morgan fingerprint density at radius 1 is 1.17 bits per heavy atom. The van der Waals surface area contributed by atoms with Crippen molar-refractivity contribution in [2.75, 3.05) is 13.1 Å². The Labute approximate surface area is 103 Å². The summed E-state index contributed by atoms with van der Waals surface area (Å²) in [6.45, 7) is 1.16. The number of hydrogen-bond acceptors (Lipinski definition) is 1. The molecule has 0 spiro atoms. The van der Waals surface area contributed by atoms with E-state index >= 15 is 0 Å². The van der Waals surface area contributed by atoms with Crippen molar-refractivity contribution in [3.05, 3.63) is 35.6 Å². The predicted molar refractivity (Wildman–Crippen MR) is 60.5 cm³/mol. The lowest BCUT2D eigenvalue weighted by Gasteiger charge is -2.33. The summed E-state index contributed by atoms with van der Waals surface area (Å²) in [5.74, 6) is -1.56. The summed E-state index contributed by atoms with van der Waals surface area (Å²) in [4.78, 5) is 1.79. The third kappa shape index (κ3) is 3.45. The van der Waals surface area contributed by atoms with Crippen molar-refractivity contribution < 1.29 is 17.6 Å². The van der Waals surface area contributed by atoms with Gasteiger partial charge in [0, 0.05) is 13.1 Å². The minimum Gasteiger partial charge on any atom is -0.298 e. The van der Waals surface area contributed by atoms with Crippen molar-refractivity contribution in [2.24, 2.45) is 5.92 Å². The number of likely N-dealkylation sites (tertiary alicyclic amines) is 1. The molecule has 0 N–H and O–H groups in total. The van der Waals surface area contributed by atoms with Gasteiger partial charge in [0.25, 0.3) is 0 Å². The van der Waals surface area contributed by atoms with Crippen LogP contribution >= 0.6 is 0 Å². The highest BCUT2D eigenvalue weighted by atomic mass is 19.4. The molecule has 18 heavy (non-hydrogen) atoms. The van der Waals surface area contributed by atoms with Gasteiger partial charge in [0.05, 0.1) is 5.92 Å². The SMILES string of the molecule is Fc1ccc(CN2CCC[C@H](C(F)(F)F)C2)cc1. The maximum absolute atomic E-state index is 12.7. The van der Waals surface area contributed by atoms with Crippen LogP contribution in [0.4, 0.5) is 17.6 Å². The summed E-state index contributed by atoms with van der Waals surface area (Å²) in [7, 11) is 0. The minimum atomic E-state index is -4.11. The molecule has 1 saturated heterocycles. The quantitative estimate of drug-likeness (QED) is 0.735. The van der Waals surface area contributed by atoms with Crippen LogP contribution in [0, 0.1) is 11.7 Å². The normalized spacial score (nSPS) is 22.1. The van der Waals surface area contributed by atoms with E-state index in [1.807, 2.05) is 0 Å². The molecule has 1 fully saturated rings. The molecule has 0 aliphatic carbocycles. The molecule has 0 aromatic heterocycles. The van der Waals surface area contributed by atoms with E-state index in [4.69, 9.17) is 0 Å². The molecule has 0 bridgehead atoms. The van der Waals surface area contributed by atoms with Gasteiger partial charge in [-0.05, 0) is 37.1 Å². The van der Waals surface area contributed by atoms with Crippen LogP contribution in [-0.2, 0) is 6.54 Å². The van der Waals surface area contributed by atoms with E-state index in [2.05, 4.69) is 0 Å². The van der Waals surface area contributed by atoms with Crippen molar-refractivity contribution in [3.8, 4) is 0 Å². The maximum Gasteiger partial charge on any atom is 0.393 e. The summed E-state index contributed by atoms with van der Waals surface area (Å²) >= 11 is 0. The van der Waals surface area contributed by atoms with Gasteiger partial charge in [0.2, 0.25) is 0 Å². The number of alkyl halides is 3. The first-order valence-electron chi connectivity index (χ1n) is 5.98. The third-order valence-corrected chi connectivity index (χ3v) is 3.29. The summed E-state index contributed by atoms with van der Waals surface area (Å²) in [5, 5.41) is 0. The Balaban J connectivity index is 1.95. The van der Waals surface area contributed by atoms with Gasteiger partial charge in [-0.3, -0.25) is 4.90 Å². The molecule has 5 heteroatoms. The Bertz CT molecular complexity index is 385. The lowest BCUT2D eigenvalue weighted by Crippen LogP contribution is -2.41. The topological polar surface area (TPSA) is 3.24 Å². The lowest BCUT2D eigenvalue weighted by atomic mass is 9.97. The van der Waals surface area contributed by atoms with Gasteiger partial charge in [-0.15, -0.1) is 0 Å². The minimum absolute atomic E-state index is 0.0425. The van der Waals surface area contributed by atoms with E-state index in [1.165, 1.54) is 12.1 Å². The van der Waals surface area contributed by atoms with Gasteiger partial charge in [0.15, 0.2) is 0 Å². The molecule has 1 heterocycles. The Hall–Kier alpha value is -1.10. The van der Waals surface area contributed by atoms with E-state index in [0.717, 1.165) is 5.56 Å². The number of hydrogen-bond donors (Lipinski definition) is 0. The highest BCUT2D eigenvalue weighted by Crippen LogP contribution is 2.33. The van der Waals surface area contributed by atoms with Crippen LogP contribution in [0.25, 0.3) is 0 Å². The molecule has 1 aromatic rings. The van der Waals surface area contributed by atoms with Crippen LogP contribution in [0.1, 0.15) is 18.4 Å². The van der Waals surface area contributed by atoms with Crippen molar-refractivity contribution in [1.29, 1.82) is 0 Å². The summed E-state index contributed by atoms with van der Waals surface area (Å²) in [6, 6.07) is 5.90. The third-order valence-electron chi connectivity index (χ3n) is 3.29. The first kappa shape index (κ1) is 13.3. The second-order valence-electron chi connectivity index (χ2n) is 4.74. The van der Waals surface area contributed by atoms with Gasteiger partial charge < -0.3 is 0 Å². The summed E-state index contributed by atoms with van der Waals surface area (Å²) in [5.41, 5.74) is 0.847. The molecule has 1 atom stereocenters. The Kier molecular flexibility index (Phi) is 3.90. The van der Waals surface area contributed by atoms with Gasteiger partial charge in [-0.1, -0.05) is 12.1 Å². The van der Waals surface area contributed by atoms with Crippen LogP contribution in [0.5, 0.6) is 0 Å². The van der Waals surface area contributed by atoms with Crippen LogP contribution in [0.2, 0.25) is 0 Å². The monoisotopic (exact) mass is 261 g/mol. The summed E-state index contributed by atoms with van der Waals surface area (Å²) < 4.78 is 50.6. The average molecular weight is 261 g/mol. The molecule has 0 radical (unpaired) electrons. The fourth-order valence-electron chi connectivity index (χ4n) is 2.31. The molecule has 1 nitrogen and oxygen atoms in total. The standard InChI is InChI=1S/C13H15F4N/c14-12-5-3-10(4-6-12)8-18-7-1-2-11(9-18)13(15,16)17/h3-6,11H,1-2,7-9H2/t11-/m0/s1. The van der Waals surface area contributed by atoms with Crippen LogP contribution < -0.4 is 0 Å². The molecule has 0 saturated carbocycles. The first-order valence-corrected chi connectivity index (χ1v) is 5.98. The molecule has 1 aromatic carbocycles. The van der Waals surface area contributed by atoms with E-state index in [9.17, 15) is 17.6 Å². The highest BCUT2D eigenvalue weighted by Gasteiger charge is 2.41. The number of nitrogens with zero attached hydrogens (tertiary/aromatic N) is 1. The molecule has 0 unspecified atom stereocenters. The number of halogens is 4. The number of benzene rings is 1. The van der Waals surface area contributed by atoms with Crippen molar-refractivity contribution >= 4 is 0 Å². The molecular formula is C13H15F4N. The lowest BCUT2D eigenvalue weighted by molar-refractivity contribution is -0.187. The maximum atomic E-state index is 12.7. The second kappa shape index (κ2) is 5.26. The number of piperidine rings is 1. The van der Waals surface area contributed by atoms with Crippen LogP contribution in [0.3, 0.4) is 0 Å². The number of rotatable bonds is 2. The molecule has 100 valence electrons. The Morgan fingerprint density at radius 3 is 2.44 bits per heavy atom. The molecule has 0 amide bonds. The van der Waals surface area contributed by atoms with Gasteiger partial charge >= 0.3 is 6.18 Å². The van der Waals surface area contributed by atoms with Gasteiger partial charge in [-0.25, -0.2) is 4.39 Å².